The fourth-order valence-electron chi connectivity index (χ4n) is 4.07. The van der Waals surface area contributed by atoms with E-state index in [4.69, 9.17) is 0 Å². The fourth-order valence-corrected chi connectivity index (χ4v) is 6.91. The minimum absolute atomic E-state index is 0.0657. The Labute approximate surface area is 118 Å². The third kappa shape index (κ3) is 3.15. The van der Waals surface area contributed by atoms with Crippen molar-refractivity contribution in [3.05, 3.63) is 0 Å². The zero-order valence-corrected chi connectivity index (χ0v) is 13.4. The second-order valence-corrected chi connectivity index (χ2v) is 9.07. The van der Waals surface area contributed by atoms with Crippen LogP contribution >= 0.6 is 0 Å². The van der Waals surface area contributed by atoms with Gasteiger partial charge in [-0.25, -0.2) is 8.42 Å². The molecule has 0 heterocycles. The van der Waals surface area contributed by atoms with Crippen molar-refractivity contribution in [2.75, 3.05) is 6.54 Å². The quantitative estimate of drug-likeness (QED) is 0.865. The molecule has 1 N–H and O–H groups in total. The normalized spacial score (nSPS) is 40.5. The van der Waals surface area contributed by atoms with E-state index in [1.807, 2.05) is 0 Å². The Morgan fingerprint density at radius 2 is 1.84 bits per heavy atom. The van der Waals surface area contributed by atoms with Crippen molar-refractivity contribution in [2.24, 2.45) is 11.8 Å². The molecule has 2 rings (SSSR count). The van der Waals surface area contributed by atoms with Crippen LogP contribution in [-0.2, 0) is 9.84 Å². The Kier molecular flexibility index (Phi) is 4.93. The van der Waals surface area contributed by atoms with E-state index >= 15 is 0 Å². The lowest BCUT2D eigenvalue weighted by atomic mass is 9.90. The van der Waals surface area contributed by atoms with Crippen molar-refractivity contribution < 1.29 is 8.42 Å². The summed E-state index contributed by atoms with van der Waals surface area (Å²) in [5.74, 6) is 0.844. The van der Waals surface area contributed by atoms with Crippen LogP contribution in [0.5, 0.6) is 0 Å². The van der Waals surface area contributed by atoms with Crippen LogP contribution in [0.4, 0.5) is 0 Å². The Hall–Kier alpha value is -0.0900. The predicted molar refractivity (Wildman–Crippen MR) is 80.0 cm³/mol. The highest BCUT2D eigenvalue weighted by molar-refractivity contribution is 7.92. The second-order valence-electron chi connectivity index (χ2n) is 6.62. The molecule has 0 amide bonds. The van der Waals surface area contributed by atoms with E-state index in [0.717, 1.165) is 38.6 Å². The van der Waals surface area contributed by atoms with Crippen LogP contribution < -0.4 is 5.32 Å². The number of sulfone groups is 1. The van der Waals surface area contributed by atoms with Crippen molar-refractivity contribution in [1.82, 2.24) is 5.32 Å². The van der Waals surface area contributed by atoms with Crippen LogP contribution in [0, 0.1) is 11.8 Å². The van der Waals surface area contributed by atoms with Gasteiger partial charge in [0, 0.05) is 6.04 Å². The summed E-state index contributed by atoms with van der Waals surface area (Å²) in [4.78, 5) is 0. The topological polar surface area (TPSA) is 46.2 Å². The molecular weight excluding hydrogens is 258 g/mol. The maximum Gasteiger partial charge on any atom is 0.156 e. The highest BCUT2D eigenvalue weighted by atomic mass is 32.2. The maximum absolute atomic E-state index is 12.9. The van der Waals surface area contributed by atoms with Gasteiger partial charge in [-0.2, -0.15) is 0 Å². The van der Waals surface area contributed by atoms with Crippen molar-refractivity contribution >= 4 is 9.84 Å². The molecule has 0 spiro atoms. The smallest absolute Gasteiger partial charge is 0.156 e. The maximum atomic E-state index is 12.9. The third-order valence-electron chi connectivity index (χ3n) is 5.22. The monoisotopic (exact) mass is 287 g/mol. The van der Waals surface area contributed by atoms with E-state index in [9.17, 15) is 8.42 Å². The summed E-state index contributed by atoms with van der Waals surface area (Å²) in [6.07, 6.45) is 5.93. The van der Waals surface area contributed by atoms with Crippen molar-refractivity contribution in [2.45, 2.75) is 75.8 Å². The van der Waals surface area contributed by atoms with Crippen molar-refractivity contribution in [3.8, 4) is 0 Å². The second kappa shape index (κ2) is 6.13. The molecule has 2 aliphatic rings. The largest absolute Gasteiger partial charge is 0.314 e. The average Bonchev–Trinajstić information content (AvgIpc) is 2.72. The third-order valence-corrected chi connectivity index (χ3v) is 8.09. The van der Waals surface area contributed by atoms with Gasteiger partial charge in [0.15, 0.2) is 9.84 Å². The Balaban J connectivity index is 2.07. The van der Waals surface area contributed by atoms with Gasteiger partial charge < -0.3 is 5.32 Å². The minimum atomic E-state index is -2.94. The van der Waals surface area contributed by atoms with Gasteiger partial charge in [0.25, 0.3) is 0 Å². The number of rotatable bonds is 4. The highest BCUT2D eigenvalue weighted by Crippen LogP contribution is 2.38. The first kappa shape index (κ1) is 15.3. The molecule has 3 nitrogen and oxygen atoms in total. The first-order valence-corrected chi connectivity index (χ1v) is 9.53. The van der Waals surface area contributed by atoms with Gasteiger partial charge in [-0.3, -0.25) is 0 Å². The van der Waals surface area contributed by atoms with Crippen LogP contribution in [-0.4, -0.2) is 31.5 Å². The molecule has 0 aliphatic heterocycles. The van der Waals surface area contributed by atoms with E-state index in [2.05, 4.69) is 26.1 Å². The first-order chi connectivity index (χ1) is 8.96. The van der Waals surface area contributed by atoms with E-state index < -0.39 is 9.84 Å². The van der Waals surface area contributed by atoms with Gasteiger partial charge in [0.1, 0.15) is 0 Å². The van der Waals surface area contributed by atoms with Gasteiger partial charge in [-0.1, -0.05) is 33.6 Å². The standard InChI is InChI=1S/C15H29NO2S/c1-4-16-14-8-9-15(12(14)3)19(17,18)13-7-5-6-11(2)10-13/h11-16H,4-10H2,1-3H3. The molecule has 0 aromatic carbocycles. The van der Waals surface area contributed by atoms with Crippen LogP contribution in [0.3, 0.4) is 0 Å². The molecule has 5 atom stereocenters. The molecular formula is C15H29NO2S. The van der Waals surface area contributed by atoms with E-state index in [0.29, 0.717) is 12.0 Å². The van der Waals surface area contributed by atoms with Gasteiger partial charge in [-0.15, -0.1) is 0 Å². The zero-order chi connectivity index (χ0) is 14.0. The van der Waals surface area contributed by atoms with E-state index in [-0.39, 0.29) is 16.4 Å². The molecule has 0 aromatic heterocycles. The number of hydrogen-bond acceptors (Lipinski definition) is 3. The summed E-state index contributed by atoms with van der Waals surface area (Å²) in [5, 5.41) is 3.27. The lowest BCUT2D eigenvalue weighted by Gasteiger charge is -2.31. The summed E-state index contributed by atoms with van der Waals surface area (Å²) >= 11 is 0. The Morgan fingerprint density at radius 1 is 1.11 bits per heavy atom. The van der Waals surface area contributed by atoms with Crippen LogP contribution in [0.15, 0.2) is 0 Å². The summed E-state index contributed by atoms with van der Waals surface area (Å²) in [7, 11) is -2.94. The lowest BCUT2D eigenvalue weighted by Crippen LogP contribution is -2.40. The fraction of sp³-hybridized carbons (Fsp3) is 1.00. The molecule has 112 valence electrons. The molecule has 0 radical (unpaired) electrons. The zero-order valence-electron chi connectivity index (χ0n) is 12.6. The van der Waals surface area contributed by atoms with Gasteiger partial charge in [-0.05, 0) is 44.1 Å². The minimum Gasteiger partial charge on any atom is -0.314 e. The Morgan fingerprint density at radius 3 is 2.47 bits per heavy atom. The molecule has 2 fully saturated rings. The molecule has 0 aromatic rings. The van der Waals surface area contributed by atoms with Crippen LogP contribution in [0.2, 0.25) is 0 Å². The molecule has 4 heteroatoms. The molecule has 19 heavy (non-hydrogen) atoms. The summed E-state index contributed by atoms with van der Waals surface area (Å²) in [5.41, 5.74) is 0. The SMILES string of the molecule is CCNC1CCC(S(=O)(=O)C2CCCC(C)C2)C1C. The van der Waals surface area contributed by atoms with E-state index in [1.165, 1.54) is 6.42 Å². The number of nitrogens with one attached hydrogen (secondary N) is 1. The highest BCUT2D eigenvalue weighted by Gasteiger charge is 2.44. The molecule has 5 unspecified atom stereocenters. The van der Waals surface area contributed by atoms with E-state index in [1.54, 1.807) is 0 Å². The van der Waals surface area contributed by atoms with Crippen molar-refractivity contribution in [1.29, 1.82) is 0 Å². The Bertz CT molecular complexity index is 393. The van der Waals surface area contributed by atoms with Gasteiger partial charge in [0.05, 0.1) is 10.5 Å². The molecule has 2 saturated carbocycles. The molecule has 0 saturated heterocycles. The molecule has 2 aliphatic carbocycles. The first-order valence-electron chi connectivity index (χ1n) is 7.92. The van der Waals surface area contributed by atoms with Gasteiger partial charge >= 0.3 is 0 Å². The van der Waals surface area contributed by atoms with Crippen LogP contribution in [0.25, 0.3) is 0 Å². The predicted octanol–water partition coefficient (Wildman–Crippen LogP) is 2.76. The van der Waals surface area contributed by atoms with Crippen LogP contribution in [0.1, 0.15) is 59.3 Å². The summed E-state index contributed by atoms with van der Waals surface area (Å²) in [6, 6.07) is 0.394. The van der Waals surface area contributed by atoms with Crippen molar-refractivity contribution in [3.63, 3.8) is 0 Å². The average molecular weight is 287 g/mol. The van der Waals surface area contributed by atoms with Gasteiger partial charge in [0.2, 0.25) is 0 Å². The molecule has 0 bridgehead atoms. The summed E-state index contributed by atoms with van der Waals surface area (Å²) < 4.78 is 25.7. The lowest BCUT2D eigenvalue weighted by molar-refractivity contribution is 0.375. The number of hydrogen-bond donors (Lipinski definition) is 1. The summed E-state index contributed by atoms with van der Waals surface area (Å²) in [6.45, 7) is 7.34.